The molecule has 0 aliphatic rings. The molecule has 3 rings (SSSR count). The number of benzene rings is 1. The first-order valence-corrected chi connectivity index (χ1v) is 7.81. The SMILES string of the molecule is Cc1nc2ccc(NC(=O)CCc3nc(C(C)(C)C)no3)cc2o1. The molecule has 0 unspecified atom stereocenters. The molecule has 1 amide bonds. The van der Waals surface area contributed by atoms with E-state index in [0.717, 1.165) is 5.52 Å². The minimum Gasteiger partial charge on any atom is -0.441 e. The molecule has 126 valence electrons. The summed E-state index contributed by atoms with van der Waals surface area (Å²) in [4.78, 5) is 20.6. The van der Waals surface area contributed by atoms with Crippen molar-refractivity contribution in [2.75, 3.05) is 5.32 Å². The van der Waals surface area contributed by atoms with Gasteiger partial charge in [-0.1, -0.05) is 25.9 Å². The molecular formula is C17H20N4O3. The van der Waals surface area contributed by atoms with Gasteiger partial charge in [0, 0.05) is 36.9 Å². The average molecular weight is 328 g/mol. The second-order valence-electron chi connectivity index (χ2n) is 6.73. The van der Waals surface area contributed by atoms with Crippen LogP contribution in [0.4, 0.5) is 5.69 Å². The highest BCUT2D eigenvalue weighted by Crippen LogP contribution is 2.21. The zero-order valence-electron chi connectivity index (χ0n) is 14.2. The summed E-state index contributed by atoms with van der Waals surface area (Å²) in [5.74, 6) is 1.58. The Balaban J connectivity index is 1.59. The molecule has 0 radical (unpaired) electrons. The highest BCUT2D eigenvalue weighted by atomic mass is 16.5. The van der Waals surface area contributed by atoms with Gasteiger partial charge in [0.15, 0.2) is 17.3 Å². The molecule has 1 N–H and O–H groups in total. The van der Waals surface area contributed by atoms with Crippen LogP contribution in [0, 0.1) is 6.92 Å². The van der Waals surface area contributed by atoms with Crippen LogP contribution in [0.5, 0.6) is 0 Å². The van der Waals surface area contributed by atoms with E-state index in [4.69, 9.17) is 8.94 Å². The van der Waals surface area contributed by atoms with Crippen molar-refractivity contribution in [2.24, 2.45) is 0 Å². The van der Waals surface area contributed by atoms with Gasteiger partial charge in [0.1, 0.15) is 5.52 Å². The summed E-state index contributed by atoms with van der Waals surface area (Å²) < 4.78 is 10.6. The molecule has 2 heterocycles. The van der Waals surface area contributed by atoms with E-state index in [1.165, 1.54) is 0 Å². The predicted molar refractivity (Wildman–Crippen MR) is 88.7 cm³/mol. The minimum atomic E-state index is -0.172. The van der Waals surface area contributed by atoms with Crippen LogP contribution in [0.25, 0.3) is 11.1 Å². The lowest BCUT2D eigenvalue weighted by molar-refractivity contribution is -0.116. The average Bonchev–Trinajstić information content (AvgIpc) is 3.09. The Bertz CT molecular complexity index is 873. The summed E-state index contributed by atoms with van der Waals surface area (Å²) in [6, 6.07) is 5.37. The lowest BCUT2D eigenvalue weighted by Gasteiger charge is -2.10. The molecule has 2 aromatic heterocycles. The van der Waals surface area contributed by atoms with Crippen LogP contribution in [-0.4, -0.2) is 21.0 Å². The number of nitrogens with one attached hydrogen (secondary N) is 1. The Morgan fingerprint density at radius 1 is 1.25 bits per heavy atom. The smallest absolute Gasteiger partial charge is 0.227 e. The van der Waals surface area contributed by atoms with Gasteiger partial charge in [-0.25, -0.2) is 4.98 Å². The summed E-state index contributed by atoms with van der Waals surface area (Å²) >= 11 is 0. The second-order valence-corrected chi connectivity index (χ2v) is 6.73. The van der Waals surface area contributed by atoms with E-state index in [9.17, 15) is 4.79 Å². The minimum absolute atomic E-state index is 0.124. The number of aromatic nitrogens is 3. The number of oxazole rings is 1. The summed E-state index contributed by atoms with van der Waals surface area (Å²) in [5, 5.41) is 6.78. The Labute approximate surface area is 139 Å². The van der Waals surface area contributed by atoms with E-state index in [1.54, 1.807) is 19.1 Å². The van der Waals surface area contributed by atoms with Crippen LogP contribution in [0.3, 0.4) is 0 Å². The fourth-order valence-corrected chi connectivity index (χ4v) is 2.22. The summed E-state index contributed by atoms with van der Waals surface area (Å²) in [6.07, 6.45) is 0.665. The first kappa shape index (κ1) is 16.2. The number of hydrogen-bond acceptors (Lipinski definition) is 6. The van der Waals surface area contributed by atoms with Gasteiger partial charge in [0.2, 0.25) is 11.8 Å². The van der Waals surface area contributed by atoms with Crippen molar-refractivity contribution in [3.8, 4) is 0 Å². The molecule has 0 fully saturated rings. The first-order valence-electron chi connectivity index (χ1n) is 7.81. The molecule has 0 saturated carbocycles. The number of carbonyl (C=O) groups excluding carboxylic acids is 1. The monoisotopic (exact) mass is 328 g/mol. The summed E-state index contributed by atoms with van der Waals surface area (Å²) in [5.41, 5.74) is 1.92. The highest BCUT2D eigenvalue weighted by molar-refractivity contribution is 5.92. The van der Waals surface area contributed by atoms with Gasteiger partial charge in [-0.15, -0.1) is 0 Å². The molecule has 0 spiro atoms. The van der Waals surface area contributed by atoms with Gasteiger partial charge < -0.3 is 14.3 Å². The third-order valence-electron chi connectivity index (χ3n) is 3.48. The number of rotatable bonds is 4. The number of aryl methyl sites for hydroxylation is 2. The molecule has 24 heavy (non-hydrogen) atoms. The first-order chi connectivity index (χ1) is 11.3. The third-order valence-corrected chi connectivity index (χ3v) is 3.48. The van der Waals surface area contributed by atoms with Crippen LogP contribution in [-0.2, 0) is 16.6 Å². The molecule has 3 aromatic rings. The number of carbonyl (C=O) groups is 1. The topological polar surface area (TPSA) is 94.1 Å². The van der Waals surface area contributed by atoms with Crippen molar-refractivity contribution in [2.45, 2.75) is 46.0 Å². The van der Waals surface area contributed by atoms with Crippen molar-refractivity contribution in [1.82, 2.24) is 15.1 Å². The third kappa shape index (κ3) is 3.61. The fourth-order valence-electron chi connectivity index (χ4n) is 2.22. The van der Waals surface area contributed by atoms with E-state index in [0.29, 0.717) is 35.3 Å². The highest BCUT2D eigenvalue weighted by Gasteiger charge is 2.21. The van der Waals surface area contributed by atoms with Crippen LogP contribution >= 0.6 is 0 Å². The molecule has 0 atom stereocenters. The lowest BCUT2D eigenvalue weighted by atomic mass is 9.96. The van der Waals surface area contributed by atoms with Crippen molar-refractivity contribution >= 4 is 22.7 Å². The predicted octanol–water partition coefficient (Wildman–Crippen LogP) is 3.39. The lowest BCUT2D eigenvalue weighted by Crippen LogP contribution is -2.14. The zero-order chi connectivity index (χ0) is 17.3. The van der Waals surface area contributed by atoms with Gasteiger partial charge in [-0.2, -0.15) is 4.98 Å². The quantitative estimate of drug-likeness (QED) is 0.789. The second kappa shape index (κ2) is 6.07. The number of hydrogen-bond donors (Lipinski definition) is 1. The molecule has 0 aliphatic heterocycles. The number of nitrogens with zero attached hydrogens (tertiary/aromatic N) is 3. The van der Waals surface area contributed by atoms with Crippen molar-refractivity contribution in [3.05, 3.63) is 35.8 Å². The summed E-state index contributed by atoms with van der Waals surface area (Å²) in [7, 11) is 0. The number of amides is 1. The maximum atomic E-state index is 12.1. The van der Waals surface area contributed by atoms with E-state index >= 15 is 0 Å². The van der Waals surface area contributed by atoms with Crippen LogP contribution in [0.1, 0.15) is 44.8 Å². The maximum Gasteiger partial charge on any atom is 0.227 e. The van der Waals surface area contributed by atoms with Crippen molar-refractivity contribution in [1.29, 1.82) is 0 Å². The molecule has 0 saturated heterocycles. The fraction of sp³-hybridized carbons (Fsp3) is 0.412. The molecule has 7 heteroatoms. The Morgan fingerprint density at radius 2 is 2.04 bits per heavy atom. The van der Waals surface area contributed by atoms with Gasteiger partial charge in [0.25, 0.3) is 0 Å². The molecule has 0 bridgehead atoms. The van der Waals surface area contributed by atoms with E-state index in [-0.39, 0.29) is 17.7 Å². The van der Waals surface area contributed by atoms with Gasteiger partial charge in [-0.3, -0.25) is 4.79 Å². The van der Waals surface area contributed by atoms with Crippen LogP contribution in [0.2, 0.25) is 0 Å². The number of fused-ring (bicyclic) bond motifs is 1. The maximum absolute atomic E-state index is 12.1. The Kier molecular flexibility index (Phi) is 4.09. The van der Waals surface area contributed by atoms with Gasteiger partial charge in [-0.05, 0) is 12.1 Å². The molecule has 0 aliphatic carbocycles. The van der Waals surface area contributed by atoms with Crippen LogP contribution < -0.4 is 5.32 Å². The van der Waals surface area contributed by atoms with E-state index in [2.05, 4.69) is 20.4 Å². The van der Waals surface area contributed by atoms with Crippen molar-refractivity contribution in [3.63, 3.8) is 0 Å². The number of anilines is 1. The molecule has 7 nitrogen and oxygen atoms in total. The van der Waals surface area contributed by atoms with Gasteiger partial charge >= 0.3 is 0 Å². The normalized spacial score (nSPS) is 11.8. The van der Waals surface area contributed by atoms with Crippen LogP contribution in [0.15, 0.2) is 27.1 Å². The molecule has 1 aromatic carbocycles. The zero-order valence-corrected chi connectivity index (χ0v) is 14.2. The largest absolute Gasteiger partial charge is 0.441 e. The standard InChI is InChI=1S/C17H20N4O3/c1-10-18-12-6-5-11(9-13(12)23-10)19-14(22)7-8-15-20-16(21-24-15)17(2,3)4/h5-6,9H,7-8H2,1-4H3,(H,19,22). The van der Waals surface area contributed by atoms with Gasteiger partial charge in [0.05, 0.1) is 0 Å². The van der Waals surface area contributed by atoms with Crippen molar-refractivity contribution < 1.29 is 13.7 Å². The Hall–Kier alpha value is -2.70. The van der Waals surface area contributed by atoms with E-state index < -0.39 is 0 Å². The Morgan fingerprint density at radius 3 is 2.75 bits per heavy atom. The summed E-state index contributed by atoms with van der Waals surface area (Å²) in [6.45, 7) is 7.82. The van der Waals surface area contributed by atoms with E-state index in [1.807, 2.05) is 26.8 Å². The molecular weight excluding hydrogens is 308 g/mol.